The molecule has 0 radical (unpaired) electrons. The number of rotatable bonds is 0. The largest absolute Gasteiger partial charge is 0.419 e. The molecule has 0 aromatic heterocycles. The number of hydrogen-bond acceptors (Lipinski definition) is 0. The lowest BCUT2D eigenvalue weighted by atomic mass is 9.95. The second kappa shape index (κ2) is 3.43. The van der Waals surface area contributed by atoms with Crippen LogP contribution >= 0.6 is 23.2 Å². The molecular formula is C7H4BCl2F3. The molecule has 0 N–H and O–H groups in total. The molecule has 0 aliphatic rings. The second-order valence-electron chi connectivity index (χ2n) is 2.60. The fourth-order valence-corrected chi connectivity index (χ4v) is 1.78. The molecule has 0 unspecified atom stereocenters. The van der Waals surface area contributed by atoms with Gasteiger partial charge in [-0.15, -0.1) is 0 Å². The summed E-state index contributed by atoms with van der Waals surface area (Å²) in [7, 11) is 1.62. The van der Waals surface area contributed by atoms with Crippen LogP contribution in [0.1, 0.15) is 5.56 Å². The molecular weight excluding hydrogens is 223 g/mol. The van der Waals surface area contributed by atoms with E-state index in [0.29, 0.717) is 5.46 Å². The van der Waals surface area contributed by atoms with Crippen LogP contribution in [0.25, 0.3) is 0 Å². The van der Waals surface area contributed by atoms with Crippen molar-refractivity contribution in [3.63, 3.8) is 0 Å². The van der Waals surface area contributed by atoms with E-state index in [4.69, 9.17) is 23.2 Å². The van der Waals surface area contributed by atoms with Crippen LogP contribution in [0.5, 0.6) is 0 Å². The van der Waals surface area contributed by atoms with Gasteiger partial charge in [0, 0.05) is 0 Å². The molecule has 13 heavy (non-hydrogen) atoms. The molecule has 1 aromatic carbocycles. The minimum atomic E-state index is -4.50. The number of benzene rings is 1. The van der Waals surface area contributed by atoms with Crippen LogP contribution in [0.4, 0.5) is 13.2 Å². The fraction of sp³-hybridized carbons (Fsp3) is 0.143. The highest BCUT2D eigenvalue weighted by molar-refractivity contribution is 6.40. The minimum Gasteiger partial charge on any atom is -0.166 e. The first-order valence-corrected chi connectivity index (χ1v) is 4.11. The highest BCUT2D eigenvalue weighted by atomic mass is 35.5. The Balaban J connectivity index is 3.38. The molecule has 1 aromatic rings. The van der Waals surface area contributed by atoms with Crippen LogP contribution in [-0.4, -0.2) is 7.85 Å². The van der Waals surface area contributed by atoms with Gasteiger partial charge in [-0.1, -0.05) is 28.7 Å². The zero-order valence-corrected chi connectivity index (χ0v) is 8.06. The molecule has 0 fully saturated rings. The van der Waals surface area contributed by atoms with E-state index in [1.165, 1.54) is 12.1 Å². The molecule has 0 heterocycles. The number of halogens is 5. The van der Waals surface area contributed by atoms with E-state index < -0.39 is 11.7 Å². The maximum Gasteiger partial charge on any atom is 0.419 e. The Bertz CT molecular complexity index is 312. The molecule has 0 amide bonds. The van der Waals surface area contributed by atoms with Gasteiger partial charge in [0.2, 0.25) is 0 Å². The molecule has 0 atom stereocenters. The fourth-order valence-electron chi connectivity index (χ4n) is 0.971. The van der Waals surface area contributed by atoms with Crippen LogP contribution in [0.2, 0.25) is 10.0 Å². The van der Waals surface area contributed by atoms with Crippen molar-refractivity contribution in [1.82, 2.24) is 0 Å². The lowest BCUT2D eigenvalue weighted by Gasteiger charge is -2.11. The highest BCUT2D eigenvalue weighted by Crippen LogP contribution is 2.38. The summed E-state index contributed by atoms with van der Waals surface area (Å²) in [5.41, 5.74) is -0.371. The molecule has 0 saturated heterocycles. The van der Waals surface area contributed by atoms with Gasteiger partial charge in [-0.3, -0.25) is 0 Å². The van der Waals surface area contributed by atoms with Crippen LogP contribution in [0.15, 0.2) is 12.1 Å². The summed E-state index contributed by atoms with van der Waals surface area (Å²) in [4.78, 5) is 0. The normalized spacial score (nSPS) is 11.8. The van der Waals surface area contributed by atoms with Gasteiger partial charge in [0.15, 0.2) is 0 Å². The number of alkyl halides is 3. The number of hydrogen-bond donors (Lipinski definition) is 0. The summed E-state index contributed by atoms with van der Waals surface area (Å²) >= 11 is 10.8. The molecule has 0 bridgehead atoms. The SMILES string of the molecule is Bc1cc(Cl)c(C(F)(F)F)c(Cl)c1. The van der Waals surface area contributed by atoms with Gasteiger partial charge in [0.25, 0.3) is 0 Å². The Labute approximate surface area is 84.1 Å². The van der Waals surface area contributed by atoms with E-state index in [-0.39, 0.29) is 10.0 Å². The maximum absolute atomic E-state index is 12.3. The summed E-state index contributed by atoms with van der Waals surface area (Å²) in [6.07, 6.45) is -4.50. The van der Waals surface area contributed by atoms with Gasteiger partial charge in [0.05, 0.1) is 15.6 Å². The predicted octanol–water partition coefficient (Wildman–Crippen LogP) is 2.27. The van der Waals surface area contributed by atoms with Crippen molar-refractivity contribution in [3.8, 4) is 0 Å². The van der Waals surface area contributed by atoms with E-state index >= 15 is 0 Å². The van der Waals surface area contributed by atoms with E-state index in [1.54, 1.807) is 7.85 Å². The molecule has 0 nitrogen and oxygen atoms in total. The van der Waals surface area contributed by atoms with Gasteiger partial charge < -0.3 is 0 Å². The van der Waals surface area contributed by atoms with Crippen molar-refractivity contribution in [2.75, 3.05) is 0 Å². The van der Waals surface area contributed by atoms with Gasteiger partial charge in [-0.2, -0.15) is 13.2 Å². The zero-order valence-electron chi connectivity index (χ0n) is 6.54. The summed E-state index contributed by atoms with van der Waals surface area (Å²) < 4.78 is 36.8. The Morgan fingerprint density at radius 1 is 1.08 bits per heavy atom. The third kappa shape index (κ3) is 2.32. The molecule has 1 rings (SSSR count). The predicted molar refractivity (Wildman–Crippen MR) is 49.6 cm³/mol. The first-order valence-electron chi connectivity index (χ1n) is 3.35. The third-order valence-electron chi connectivity index (χ3n) is 1.47. The summed E-state index contributed by atoms with van der Waals surface area (Å²) in [6, 6.07) is 2.46. The maximum atomic E-state index is 12.3. The lowest BCUT2D eigenvalue weighted by molar-refractivity contribution is -0.137. The molecule has 70 valence electrons. The van der Waals surface area contributed by atoms with Crippen LogP contribution in [-0.2, 0) is 6.18 Å². The second-order valence-corrected chi connectivity index (χ2v) is 3.42. The Morgan fingerprint density at radius 3 is 1.77 bits per heavy atom. The standard InChI is InChI=1S/C7H4BCl2F3/c8-3-1-4(9)6(5(10)2-3)7(11,12)13/h1-2H,8H2. The van der Waals surface area contributed by atoms with E-state index in [9.17, 15) is 13.2 Å². The smallest absolute Gasteiger partial charge is 0.166 e. The molecule has 0 aliphatic heterocycles. The first kappa shape index (κ1) is 10.7. The van der Waals surface area contributed by atoms with Crippen molar-refractivity contribution >= 4 is 36.5 Å². The van der Waals surface area contributed by atoms with Gasteiger partial charge in [-0.05, 0) is 12.1 Å². The Hall–Kier alpha value is -0.345. The van der Waals surface area contributed by atoms with Crippen LogP contribution < -0.4 is 5.46 Å². The van der Waals surface area contributed by atoms with Crippen molar-refractivity contribution < 1.29 is 13.2 Å². The van der Waals surface area contributed by atoms with Crippen LogP contribution in [0, 0.1) is 0 Å². The summed E-state index contributed by atoms with van der Waals surface area (Å²) in [5, 5.41) is -0.727. The monoisotopic (exact) mass is 226 g/mol. The minimum absolute atomic E-state index is 0.363. The van der Waals surface area contributed by atoms with Gasteiger partial charge >= 0.3 is 6.18 Å². The summed E-state index contributed by atoms with van der Waals surface area (Å²) in [5.74, 6) is 0. The third-order valence-corrected chi connectivity index (χ3v) is 2.07. The van der Waals surface area contributed by atoms with Crippen molar-refractivity contribution in [2.45, 2.75) is 6.18 Å². The molecule has 6 heteroatoms. The van der Waals surface area contributed by atoms with E-state index in [0.717, 1.165) is 0 Å². The van der Waals surface area contributed by atoms with Crippen molar-refractivity contribution in [1.29, 1.82) is 0 Å². The van der Waals surface area contributed by atoms with E-state index in [1.807, 2.05) is 0 Å². The Kier molecular flexibility index (Phi) is 2.83. The van der Waals surface area contributed by atoms with Crippen molar-refractivity contribution in [2.24, 2.45) is 0 Å². The Morgan fingerprint density at radius 2 is 1.46 bits per heavy atom. The average Bonchev–Trinajstić information content (AvgIpc) is 1.78. The highest BCUT2D eigenvalue weighted by Gasteiger charge is 2.35. The lowest BCUT2D eigenvalue weighted by Crippen LogP contribution is -2.11. The van der Waals surface area contributed by atoms with Crippen LogP contribution in [0.3, 0.4) is 0 Å². The average molecular weight is 227 g/mol. The first-order chi connectivity index (χ1) is 5.82. The quantitative estimate of drug-likeness (QED) is 0.596. The molecule has 0 spiro atoms. The molecule has 0 aliphatic carbocycles. The van der Waals surface area contributed by atoms with Gasteiger partial charge in [-0.25, -0.2) is 0 Å². The summed E-state index contributed by atoms with van der Waals surface area (Å²) in [6.45, 7) is 0. The molecule has 0 saturated carbocycles. The van der Waals surface area contributed by atoms with Crippen molar-refractivity contribution in [3.05, 3.63) is 27.7 Å². The van der Waals surface area contributed by atoms with E-state index in [2.05, 4.69) is 0 Å². The zero-order chi connectivity index (χ0) is 10.2. The topological polar surface area (TPSA) is 0 Å². The van der Waals surface area contributed by atoms with Gasteiger partial charge in [0.1, 0.15) is 7.85 Å².